The Labute approximate surface area is 204 Å². The minimum Gasteiger partial charge on any atom is -0.550 e. The van der Waals surface area contributed by atoms with E-state index in [9.17, 15) is 29.4 Å². The van der Waals surface area contributed by atoms with Crippen LogP contribution in [0.3, 0.4) is 0 Å². The van der Waals surface area contributed by atoms with Crippen molar-refractivity contribution in [2.45, 2.75) is 52.9 Å². The second-order valence-electron chi connectivity index (χ2n) is 10.7. The maximum atomic E-state index is 12.7. The van der Waals surface area contributed by atoms with Gasteiger partial charge in [0.15, 0.2) is 0 Å². The van der Waals surface area contributed by atoms with Crippen LogP contribution in [0.5, 0.6) is 0 Å². The summed E-state index contributed by atoms with van der Waals surface area (Å²) in [5.41, 5.74) is -0.736. The lowest BCUT2D eigenvalue weighted by molar-refractivity contribution is -0.890. The first-order valence-electron chi connectivity index (χ1n) is 11.9. The zero-order valence-electron chi connectivity index (χ0n) is 22.0. The highest BCUT2D eigenvalue weighted by atomic mass is 16.5. The highest BCUT2D eigenvalue weighted by molar-refractivity contribution is 5.76. The lowest BCUT2D eigenvalue weighted by Gasteiger charge is -2.31. The van der Waals surface area contributed by atoms with Gasteiger partial charge in [0.2, 0.25) is 0 Å². The van der Waals surface area contributed by atoms with E-state index in [0.717, 1.165) is 0 Å². The van der Waals surface area contributed by atoms with Crippen LogP contribution >= 0.6 is 0 Å². The van der Waals surface area contributed by atoms with Crippen LogP contribution < -0.4 is 10.2 Å². The summed E-state index contributed by atoms with van der Waals surface area (Å²) < 4.78 is 11.7. The van der Waals surface area contributed by atoms with Crippen LogP contribution in [0.25, 0.3) is 0 Å². The minimum atomic E-state index is -1.10. The average Bonchev–Trinajstić information content (AvgIpc) is 2.74. The van der Waals surface area contributed by atoms with Crippen molar-refractivity contribution in [1.82, 2.24) is 0 Å². The van der Waals surface area contributed by atoms with Crippen molar-refractivity contribution in [3.8, 4) is 0 Å². The van der Waals surface area contributed by atoms with Crippen LogP contribution in [0.2, 0.25) is 0 Å². The molecular weight excluding hydrogens is 444 g/mol. The Balaban J connectivity index is 4.53. The second-order valence-corrected chi connectivity index (χ2v) is 10.7. The zero-order valence-corrected chi connectivity index (χ0v) is 22.0. The number of esters is 2. The maximum absolute atomic E-state index is 12.7. The lowest BCUT2D eigenvalue weighted by Crippen LogP contribution is -2.45. The van der Waals surface area contributed by atoms with Crippen LogP contribution in [0.15, 0.2) is 0 Å². The molecule has 0 rings (SSSR count). The zero-order chi connectivity index (χ0) is 26.6. The fraction of sp³-hybridized carbons (Fsp3) is 0.833. The number of hydrogen-bond acceptors (Lipinski definition) is 8. The van der Waals surface area contributed by atoms with E-state index in [-0.39, 0.29) is 38.0 Å². The van der Waals surface area contributed by atoms with E-state index in [2.05, 4.69) is 0 Å². The van der Waals surface area contributed by atoms with E-state index in [4.69, 9.17) is 9.47 Å². The summed E-state index contributed by atoms with van der Waals surface area (Å²) >= 11 is 0. The number of quaternary nitrogens is 2. The number of ether oxygens (including phenoxy) is 2. The van der Waals surface area contributed by atoms with E-state index in [1.165, 1.54) is 0 Å². The van der Waals surface area contributed by atoms with E-state index < -0.39 is 23.3 Å². The molecule has 0 saturated carbocycles. The number of carboxylic acid groups (broad SMARTS) is 2. The van der Waals surface area contributed by atoms with Crippen molar-refractivity contribution >= 4 is 23.9 Å². The Bertz CT molecular complexity index is 692. The van der Waals surface area contributed by atoms with Crippen LogP contribution in [0.4, 0.5) is 0 Å². The van der Waals surface area contributed by atoms with Crippen LogP contribution in [-0.2, 0) is 28.7 Å². The van der Waals surface area contributed by atoms with Crippen molar-refractivity contribution in [3.63, 3.8) is 0 Å². The van der Waals surface area contributed by atoms with Crippen molar-refractivity contribution in [2.24, 2.45) is 11.3 Å². The molecule has 0 radical (unpaired) electrons. The molecule has 0 saturated heterocycles. The molecule has 0 fully saturated rings. The van der Waals surface area contributed by atoms with Gasteiger partial charge in [-0.15, -0.1) is 0 Å². The first kappa shape index (κ1) is 31.8. The topological polar surface area (TPSA) is 133 Å². The summed E-state index contributed by atoms with van der Waals surface area (Å²) in [6, 6.07) is 0. The molecule has 34 heavy (non-hydrogen) atoms. The van der Waals surface area contributed by atoms with E-state index in [1.807, 2.05) is 42.0 Å². The minimum absolute atomic E-state index is 0.0562. The second kappa shape index (κ2) is 14.3. The molecule has 2 atom stereocenters. The molecule has 0 aliphatic heterocycles. The number of carboxylic acids is 2. The SMILES string of the molecule is CCC(C)(CCC(C)C(=O)OCC[N+](C)(C)CCC(=O)[O-])C(=O)OCC[N+](C)(C)CCC(=O)[O-]. The molecule has 198 valence electrons. The Hall–Kier alpha value is -2.20. The van der Waals surface area contributed by atoms with Crippen molar-refractivity contribution in [3.05, 3.63) is 0 Å². The molecule has 0 bridgehead atoms. The Morgan fingerprint density at radius 1 is 0.824 bits per heavy atom. The fourth-order valence-electron chi connectivity index (χ4n) is 3.18. The first-order chi connectivity index (χ1) is 15.5. The van der Waals surface area contributed by atoms with Gasteiger partial charge in [0.05, 0.1) is 52.6 Å². The number of carbonyl (C=O) groups excluding carboxylic acids is 4. The lowest BCUT2D eigenvalue weighted by atomic mass is 9.81. The third-order valence-electron chi connectivity index (χ3n) is 6.52. The van der Waals surface area contributed by atoms with Gasteiger partial charge in [-0.2, -0.15) is 0 Å². The molecule has 10 nitrogen and oxygen atoms in total. The van der Waals surface area contributed by atoms with Gasteiger partial charge >= 0.3 is 11.9 Å². The smallest absolute Gasteiger partial charge is 0.311 e. The quantitative estimate of drug-likeness (QED) is 0.183. The number of rotatable bonds is 18. The van der Waals surface area contributed by atoms with Crippen LogP contribution in [-0.4, -0.2) is 100 Å². The summed E-state index contributed by atoms with van der Waals surface area (Å²) in [5, 5.41) is 21.3. The Morgan fingerprint density at radius 3 is 1.68 bits per heavy atom. The average molecular weight is 489 g/mol. The molecule has 0 amide bonds. The summed E-state index contributed by atoms with van der Waals surface area (Å²) in [7, 11) is 7.46. The van der Waals surface area contributed by atoms with Gasteiger partial charge in [-0.25, -0.2) is 0 Å². The molecule has 0 heterocycles. The molecule has 0 aromatic rings. The third-order valence-corrected chi connectivity index (χ3v) is 6.52. The van der Waals surface area contributed by atoms with Crippen LogP contribution in [0.1, 0.15) is 52.9 Å². The maximum Gasteiger partial charge on any atom is 0.311 e. The summed E-state index contributed by atoms with van der Waals surface area (Å²) in [6.45, 7) is 7.59. The Kier molecular flexibility index (Phi) is 13.3. The number of carbonyl (C=O) groups is 4. The normalized spacial score (nSPS) is 14.7. The molecule has 0 aromatic carbocycles. The van der Waals surface area contributed by atoms with E-state index in [1.54, 1.807) is 6.92 Å². The van der Waals surface area contributed by atoms with Crippen LogP contribution in [0, 0.1) is 11.3 Å². The number of aliphatic carboxylic acids is 2. The molecule has 0 spiro atoms. The van der Waals surface area contributed by atoms with Gasteiger partial charge in [0.1, 0.15) is 26.3 Å². The Morgan fingerprint density at radius 2 is 1.26 bits per heavy atom. The van der Waals surface area contributed by atoms with Gasteiger partial charge in [0, 0.05) is 24.8 Å². The summed E-state index contributed by atoms with van der Waals surface area (Å²) in [4.78, 5) is 46.4. The first-order valence-corrected chi connectivity index (χ1v) is 11.9. The molecule has 0 aliphatic rings. The fourth-order valence-corrected chi connectivity index (χ4v) is 3.18. The predicted octanol–water partition coefficient (Wildman–Crippen LogP) is -0.662. The van der Waals surface area contributed by atoms with Gasteiger partial charge in [-0.1, -0.05) is 13.8 Å². The highest BCUT2D eigenvalue weighted by Crippen LogP contribution is 2.31. The monoisotopic (exact) mass is 488 g/mol. The standard InChI is InChI=1S/C24H44N2O8/c1-8-24(3,23(32)34-18-16-26(6,7)14-11-21(29)30)12-9-19(2)22(31)33-17-15-25(4,5)13-10-20(27)28/h19H,8-18H2,1-7H3. The van der Waals surface area contributed by atoms with Gasteiger partial charge in [-0.3, -0.25) is 9.59 Å². The van der Waals surface area contributed by atoms with E-state index >= 15 is 0 Å². The third kappa shape index (κ3) is 13.5. The van der Waals surface area contributed by atoms with Crippen molar-refractivity contribution < 1.29 is 47.8 Å². The molecule has 10 heteroatoms. The molecular formula is C24H44N2O8. The van der Waals surface area contributed by atoms with Gasteiger partial charge in [-0.05, 0) is 26.2 Å². The molecule has 0 aliphatic carbocycles. The predicted molar refractivity (Wildman–Crippen MR) is 122 cm³/mol. The number of nitrogens with zero attached hydrogens (tertiary/aromatic N) is 2. The van der Waals surface area contributed by atoms with Gasteiger partial charge in [0.25, 0.3) is 0 Å². The summed E-state index contributed by atoms with van der Waals surface area (Å²) in [6.07, 6.45) is 1.38. The number of hydrogen-bond donors (Lipinski definition) is 0. The number of likely N-dealkylation sites (N-methyl/N-ethyl adjacent to an activating group) is 2. The van der Waals surface area contributed by atoms with Gasteiger partial charge < -0.3 is 38.2 Å². The van der Waals surface area contributed by atoms with Crippen molar-refractivity contribution in [1.29, 1.82) is 0 Å². The summed E-state index contributed by atoms with van der Waals surface area (Å²) in [5.74, 6) is -3.28. The largest absolute Gasteiger partial charge is 0.550 e. The molecule has 0 aromatic heterocycles. The van der Waals surface area contributed by atoms with E-state index in [0.29, 0.717) is 54.4 Å². The highest BCUT2D eigenvalue weighted by Gasteiger charge is 2.34. The molecule has 2 unspecified atom stereocenters. The molecule has 0 N–H and O–H groups in total. The van der Waals surface area contributed by atoms with Crippen molar-refractivity contribution in [2.75, 3.05) is 67.6 Å².